The van der Waals surface area contributed by atoms with Crippen molar-refractivity contribution in [3.05, 3.63) is 106 Å². The third kappa shape index (κ3) is 4.70. The van der Waals surface area contributed by atoms with Gasteiger partial charge in [-0.1, -0.05) is 47.5 Å². The Kier molecular flexibility index (Phi) is 6.05. The summed E-state index contributed by atoms with van der Waals surface area (Å²) in [6, 6.07) is 26.3. The van der Waals surface area contributed by atoms with Crippen LogP contribution in [0.15, 0.2) is 72.8 Å². The number of hydrogen-bond donors (Lipinski definition) is 2. The van der Waals surface area contributed by atoms with E-state index in [1.54, 1.807) is 0 Å². The summed E-state index contributed by atoms with van der Waals surface area (Å²) < 4.78 is 0. The molecule has 2 heteroatoms. The van der Waals surface area contributed by atoms with Gasteiger partial charge in [0.05, 0.1) is 0 Å². The molecule has 0 atom stereocenters. The molecule has 0 aliphatic heterocycles. The van der Waals surface area contributed by atoms with E-state index in [1.807, 2.05) is 0 Å². The monoisotopic (exact) mass is 420 g/mol. The lowest BCUT2D eigenvalue weighted by atomic mass is 9.99. The molecule has 0 unspecified atom stereocenters. The van der Waals surface area contributed by atoms with Crippen molar-refractivity contribution in [2.45, 2.75) is 41.5 Å². The van der Waals surface area contributed by atoms with E-state index in [4.69, 9.17) is 0 Å². The molecule has 162 valence electrons. The van der Waals surface area contributed by atoms with Crippen LogP contribution in [0, 0.1) is 41.5 Å². The van der Waals surface area contributed by atoms with Crippen molar-refractivity contribution in [1.29, 1.82) is 0 Å². The van der Waals surface area contributed by atoms with Crippen LogP contribution in [0.1, 0.15) is 33.4 Å². The third-order valence-corrected chi connectivity index (χ3v) is 6.09. The van der Waals surface area contributed by atoms with Crippen molar-refractivity contribution < 1.29 is 0 Å². The van der Waals surface area contributed by atoms with E-state index in [0.29, 0.717) is 0 Å². The lowest BCUT2D eigenvalue weighted by Gasteiger charge is -2.16. The highest BCUT2D eigenvalue weighted by atomic mass is 14.9. The largest absolute Gasteiger partial charge is 0.355 e. The summed E-state index contributed by atoms with van der Waals surface area (Å²) in [6.45, 7) is 12.9. The zero-order chi connectivity index (χ0) is 22.8. The normalized spacial score (nSPS) is 10.8. The van der Waals surface area contributed by atoms with Crippen molar-refractivity contribution in [2.75, 3.05) is 10.6 Å². The highest BCUT2D eigenvalue weighted by Gasteiger charge is 2.08. The van der Waals surface area contributed by atoms with E-state index in [0.717, 1.165) is 22.7 Å². The van der Waals surface area contributed by atoms with Gasteiger partial charge in [-0.25, -0.2) is 0 Å². The van der Waals surface area contributed by atoms with Crippen LogP contribution < -0.4 is 10.6 Å². The van der Waals surface area contributed by atoms with Gasteiger partial charge in [0.1, 0.15) is 0 Å². The van der Waals surface area contributed by atoms with Crippen LogP contribution in [0.2, 0.25) is 0 Å². The van der Waals surface area contributed by atoms with Gasteiger partial charge in [-0.2, -0.15) is 0 Å². The molecule has 0 aliphatic rings. The average molecular weight is 421 g/mol. The summed E-state index contributed by atoms with van der Waals surface area (Å²) in [5.74, 6) is 0. The fourth-order valence-electron chi connectivity index (χ4n) is 4.16. The molecule has 32 heavy (non-hydrogen) atoms. The molecule has 0 fully saturated rings. The Bertz CT molecular complexity index is 1180. The summed E-state index contributed by atoms with van der Waals surface area (Å²) in [5.41, 5.74) is 14.6. The number of rotatable bonds is 5. The zero-order valence-corrected chi connectivity index (χ0v) is 19.9. The maximum atomic E-state index is 3.59. The summed E-state index contributed by atoms with van der Waals surface area (Å²) in [7, 11) is 0. The molecule has 0 radical (unpaired) electrons. The molecule has 0 spiro atoms. The van der Waals surface area contributed by atoms with Crippen LogP contribution in [0.4, 0.5) is 22.7 Å². The predicted octanol–water partition coefficient (Wildman–Crippen LogP) is 8.69. The van der Waals surface area contributed by atoms with Crippen molar-refractivity contribution in [2.24, 2.45) is 0 Å². The molecule has 0 saturated heterocycles. The third-order valence-electron chi connectivity index (χ3n) is 6.09. The fourth-order valence-corrected chi connectivity index (χ4v) is 4.16. The number of aryl methyl sites for hydroxylation is 6. The Balaban J connectivity index is 1.56. The Hall–Kier alpha value is -3.52. The second-order valence-electron chi connectivity index (χ2n) is 8.95. The number of hydrogen-bond acceptors (Lipinski definition) is 2. The number of anilines is 4. The first-order chi connectivity index (χ1) is 15.3. The summed E-state index contributed by atoms with van der Waals surface area (Å²) in [5, 5.41) is 7.19. The maximum Gasteiger partial charge on any atom is 0.0414 e. The first kappa shape index (κ1) is 21.7. The Morgan fingerprint density at radius 1 is 0.375 bits per heavy atom. The van der Waals surface area contributed by atoms with Crippen molar-refractivity contribution >= 4 is 22.7 Å². The molecule has 0 saturated carbocycles. The molecular formula is C30H32N2. The van der Waals surface area contributed by atoms with Crippen LogP contribution in [0.25, 0.3) is 11.1 Å². The molecule has 4 aromatic carbocycles. The van der Waals surface area contributed by atoms with E-state index in [-0.39, 0.29) is 0 Å². The first-order valence-electron chi connectivity index (χ1n) is 11.2. The van der Waals surface area contributed by atoms with Gasteiger partial charge in [0.25, 0.3) is 0 Å². The predicted molar refractivity (Wildman–Crippen MR) is 140 cm³/mol. The molecule has 0 bridgehead atoms. The van der Waals surface area contributed by atoms with Gasteiger partial charge in [0.2, 0.25) is 0 Å². The molecule has 0 amide bonds. The molecule has 2 nitrogen and oxygen atoms in total. The van der Waals surface area contributed by atoms with Gasteiger partial charge in [0.15, 0.2) is 0 Å². The number of benzene rings is 4. The summed E-state index contributed by atoms with van der Waals surface area (Å²) in [6.07, 6.45) is 0. The van der Waals surface area contributed by atoms with Crippen LogP contribution >= 0.6 is 0 Å². The van der Waals surface area contributed by atoms with Gasteiger partial charge >= 0.3 is 0 Å². The van der Waals surface area contributed by atoms with E-state index in [9.17, 15) is 0 Å². The second kappa shape index (κ2) is 8.92. The lowest BCUT2D eigenvalue weighted by Crippen LogP contribution is -1.97. The Morgan fingerprint density at radius 3 is 1.00 bits per heavy atom. The number of nitrogens with one attached hydrogen (secondary N) is 2. The van der Waals surface area contributed by atoms with Gasteiger partial charge < -0.3 is 10.6 Å². The van der Waals surface area contributed by atoms with Crippen LogP contribution in [-0.2, 0) is 0 Å². The minimum absolute atomic E-state index is 1.14. The van der Waals surface area contributed by atoms with Crippen molar-refractivity contribution in [3.63, 3.8) is 0 Å². The molecule has 0 aromatic heterocycles. The van der Waals surface area contributed by atoms with Gasteiger partial charge in [-0.3, -0.25) is 0 Å². The summed E-state index contributed by atoms with van der Waals surface area (Å²) >= 11 is 0. The highest BCUT2D eigenvalue weighted by molar-refractivity contribution is 5.75. The van der Waals surface area contributed by atoms with Crippen LogP contribution in [0.5, 0.6) is 0 Å². The molecule has 4 rings (SSSR count). The van der Waals surface area contributed by atoms with Crippen LogP contribution in [0.3, 0.4) is 0 Å². The van der Waals surface area contributed by atoms with Crippen molar-refractivity contribution in [3.8, 4) is 11.1 Å². The summed E-state index contributed by atoms with van der Waals surface area (Å²) in [4.78, 5) is 0. The Labute approximate surface area is 192 Å². The quantitative estimate of drug-likeness (QED) is 0.337. The van der Waals surface area contributed by atoms with E-state index >= 15 is 0 Å². The van der Waals surface area contributed by atoms with Crippen molar-refractivity contribution in [1.82, 2.24) is 0 Å². The molecular weight excluding hydrogens is 388 g/mol. The second-order valence-corrected chi connectivity index (χ2v) is 8.95. The minimum Gasteiger partial charge on any atom is -0.355 e. The van der Waals surface area contributed by atoms with E-state index in [1.165, 1.54) is 44.5 Å². The molecule has 4 aromatic rings. The Morgan fingerprint density at radius 2 is 0.688 bits per heavy atom. The van der Waals surface area contributed by atoms with Gasteiger partial charge in [-0.05, 0) is 111 Å². The smallest absolute Gasteiger partial charge is 0.0414 e. The fraction of sp³-hybridized carbons (Fsp3) is 0.200. The average Bonchev–Trinajstić information content (AvgIpc) is 2.74. The SMILES string of the molecule is Cc1ccc(Nc2ccc(-c3ccc(Nc4ccc(C)cc4C)c(C)c3)cc2C)c(C)c1. The zero-order valence-electron chi connectivity index (χ0n) is 19.9. The maximum absolute atomic E-state index is 3.59. The van der Waals surface area contributed by atoms with Gasteiger partial charge in [-0.15, -0.1) is 0 Å². The molecule has 2 N–H and O–H groups in total. The van der Waals surface area contributed by atoms with Gasteiger partial charge in [0, 0.05) is 22.7 Å². The van der Waals surface area contributed by atoms with E-state index in [2.05, 4.69) is 125 Å². The first-order valence-corrected chi connectivity index (χ1v) is 11.2. The lowest BCUT2D eigenvalue weighted by molar-refractivity contribution is 1.35. The molecule has 0 aliphatic carbocycles. The van der Waals surface area contributed by atoms with E-state index < -0.39 is 0 Å². The minimum atomic E-state index is 1.14. The highest BCUT2D eigenvalue weighted by Crippen LogP contribution is 2.31. The standard InChI is InChI=1S/C30H32N2/c1-19-7-11-27(21(3)15-19)31-29-13-9-25(17-23(29)5)26-10-14-30(24(6)18-26)32-28-12-8-20(2)16-22(28)4/h7-18,31-32H,1-6H3. The van der Waals surface area contributed by atoms with Crippen LogP contribution in [-0.4, -0.2) is 0 Å². The topological polar surface area (TPSA) is 24.1 Å². The molecule has 0 heterocycles.